The van der Waals surface area contributed by atoms with Crippen molar-refractivity contribution in [1.29, 1.82) is 0 Å². The summed E-state index contributed by atoms with van der Waals surface area (Å²) in [6, 6.07) is 2.24. The van der Waals surface area contributed by atoms with Crippen molar-refractivity contribution in [2.75, 3.05) is 13.1 Å². The second-order valence-corrected chi connectivity index (χ2v) is 6.54. The summed E-state index contributed by atoms with van der Waals surface area (Å²) in [4.78, 5) is 10.7. The zero-order valence-corrected chi connectivity index (χ0v) is 13.0. The van der Waals surface area contributed by atoms with Crippen molar-refractivity contribution in [2.45, 2.75) is 11.8 Å². The molecular formula is C12H13Cl2NO4S. The topological polar surface area (TPSA) is 74.7 Å². The van der Waals surface area contributed by atoms with Crippen LogP contribution in [0.15, 0.2) is 29.7 Å². The molecule has 0 spiro atoms. The van der Waals surface area contributed by atoms with E-state index in [9.17, 15) is 13.2 Å². The van der Waals surface area contributed by atoms with Crippen molar-refractivity contribution < 1.29 is 18.3 Å². The Morgan fingerprint density at radius 3 is 2.50 bits per heavy atom. The monoisotopic (exact) mass is 337 g/mol. The number of likely N-dealkylation sites (N-methyl/N-ethyl adjacent to an activating group) is 1. The molecule has 0 aliphatic carbocycles. The van der Waals surface area contributed by atoms with Crippen LogP contribution in [0.4, 0.5) is 0 Å². The molecule has 0 heterocycles. The number of carboxylic acid groups (broad SMARTS) is 1. The molecule has 1 aromatic rings. The van der Waals surface area contributed by atoms with Crippen LogP contribution in [0, 0.1) is 0 Å². The van der Waals surface area contributed by atoms with Crippen LogP contribution in [0.3, 0.4) is 0 Å². The third-order valence-corrected chi connectivity index (χ3v) is 5.24. The molecule has 0 saturated carbocycles. The van der Waals surface area contributed by atoms with E-state index in [2.05, 4.69) is 6.58 Å². The van der Waals surface area contributed by atoms with Gasteiger partial charge in [0.15, 0.2) is 0 Å². The van der Waals surface area contributed by atoms with Gasteiger partial charge in [-0.2, -0.15) is 4.31 Å². The number of hydrogen-bond donors (Lipinski definition) is 1. The van der Waals surface area contributed by atoms with Crippen LogP contribution >= 0.6 is 23.2 Å². The minimum atomic E-state index is -3.94. The molecule has 1 rings (SSSR count). The van der Waals surface area contributed by atoms with Gasteiger partial charge in [0.2, 0.25) is 10.0 Å². The minimum absolute atomic E-state index is 0.0139. The first-order chi connectivity index (χ1) is 9.25. The number of carbonyl (C=O) groups is 1. The Balaban J connectivity index is 3.53. The molecule has 5 nitrogen and oxygen atoms in total. The van der Waals surface area contributed by atoms with Gasteiger partial charge in [0.1, 0.15) is 4.90 Å². The van der Waals surface area contributed by atoms with Crippen molar-refractivity contribution in [2.24, 2.45) is 0 Å². The third kappa shape index (κ3) is 3.32. The summed E-state index contributed by atoms with van der Waals surface area (Å²) >= 11 is 11.7. The molecule has 8 heteroatoms. The van der Waals surface area contributed by atoms with E-state index in [4.69, 9.17) is 28.3 Å². The first kappa shape index (κ1) is 17.0. The highest BCUT2D eigenvalue weighted by Crippen LogP contribution is 2.31. The number of benzene rings is 1. The normalized spacial score (nSPS) is 11.6. The Morgan fingerprint density at radius 2 is 2.05 bits per heavy atom. The predicted molar refractivity (Wildman–Crippen MR) is 78.1 cm³/mol. The van der Waals surface area contributed by atoms with E-state index < -0.39 is 16.0 Å². The maximum atomic E-state index is 12.4. The van der Waals surface area contributed by atoms with E-state index in [1.165, 1.54) is 6.08 Å². The number of aromatic carboxylic acids is 1. The molecule has 0 saturated heterocycles. The number of hydrogen-bond acceptors (Lipinski definition) is 3. The molecule has 0 aliphatic rings. The molecule has 1 N–H and O–H groups in total. The van der Waals surface area contributed by atoms with Crippen molar-refractivity contribution in [3.63, 3.8) is 0 Å². The van der Waals surface area contributed by atoms with Crippen molar-refractivity contribution >= 4 is 39.2 Å². The summed E-state index contributed by atoms with van der Waals surface area (Å²) in [5.41, 5.74) is -0.354. The summed E-state index contributed by atoms with van der Waals surface area (Å²) in [6.07, 6.45) is 1.43. The molecule has 0 bridgehead atoms. The third-order valence-electron chi connectivity index (χ3n) is 2.54. The van der Waals surface area contributed by atoms with E-state index in [1.54, 1.807) is 6.92 Å². The van der Waals surface area contributed by atoms with Crippen LogP contribution in [0.1, 0.15) is 17.3 Å². The fraction of sp³-hybridized carbons (Fsp3) is 0.250. The summed E-state index contributed by atoms with van der Waals surface area (Å²) in [6.45, 7) is 5.41. The largest absolute Gasteiger partial charge is 0.478 e. The second kappa shape index (κ2) is 6.58. The van der Waals surface area contributed by atoms with Gasteiger partial charge in [0.05, 0.1) is 10.6 Å². The van der Waals surface area contributed by atoms with Gasteiger partial charge in [0.25, 0.3) is 0 Å². The maximum absolute atomic E-state index is 12.4. The quantitative estimate of drug-likeness (QED) is 0.810. The molecule has 0 amide bonds. The zero-order valence-electron chi connectivity index (χ0n) is 10.6. The average molecular weight is 338 g/mol. The molecule has 0 fully saturated rings. The van der Waals surface area contributed by atoms with Gasteiger partial charge in [-0.05, 0) is 12.1 Å². The van der Waals surface area contributed by atoms with Crippen molar-refractivity contribution in [3.8, 4) is 0 Å². The zero-order chi connectivity index (χ0) is 15.5. The van der Waals surface area contributed by atoms with E-state index in [-0.39, 0.29) is 33.6 Å². The Labute approximate surface area is 127 Å². The highest BCUT2D eigenvalue weighted by molar-refractivity contribution is 7.89. The van der Waals surface area contributed by atoms with Crippen LogP contribution in [-0.4, -0.2) is 36.9 Å². The van der Waals surface area contributed by atoms with Crippen LogP contribution in [0.5, 0.6) is 0 Å². The van der Waals surface area contributed by atoms with Crippen molar-refractivity contribution in [1.82, 2.24) is 4.31 Å². The van der Waals surface area contributed by atoms with Gasteiger partial charge in [-0.1, -0.05) is 36.2 Å². The average Bonchev–Trinajstić information content (AvgIpc) is 2.37. The van der Waals surface area contributed by atoms with Crippen LogP contribution in [0.25, 0.3) is 0 Å². The smallest absolute Gasteiger partial charge is 0.337 e. The number of rotatable bonds is 6. The molecule has 0 unspecified atom stereocenters. The molecule has 0 aromatic heterocycles. The lowest BCUT2D eigenvalue weighted by Crippen LogP contribution is -2.31. The summed E-state index contributed by atoms with van der Waals surface area (Å²) in [5, 5.41) is 8.64. The summed E-state index contributed by atoms with van der Waals surface area (Å²) in [7, 11) is -3.94. The van der Waals surface area contributed by atoms with Crippen molar-refractivity contribution in [3.05, 3.63) is 40.4 Å². The molecule has 0 atom stereocenters. The highest BCUT2D eigenvalue weighted by atomic mass is 35.5. The Hall–Kier alpha value is -1.08. The number of sulfonamides is 1. The van der Waals surface area contributed by atoms with E-state index in [0.717, 1.165) is 16.4 Å². The summed E-state index contributed by atoms with van der Waals surface area (Å²) in [5.74, 6) is -1.35. The number of carboxylic acids is 1. The van der Waals surface area contributed by atoms with Crippen LogP contribution < -0.4 is 0 Å². The summed E-state index contributed by atoms with van der Waals surface area (Å²) < 4.78 is 26.0. The molecule has 20 heavy (non-hydrogen) atoms. The fourth-order valence-electron chi connectivity index (χ4n) is 1.59. The second-order valence-electron chi connectivity index (χ2n) is 3.81. The first-order valence-electron chi connectivity index (χ1n) is 5.59. The predicted octanol–water partition coefficient (Wildman–Crippen LogP) is 2.89. The minimum Gasteiger partial charge on any atom is -0.478 e. The molecular weight excluding hydrogens is 325 g/mol. The molecule has 0 aliphatic heterocycles. The maximum Gasteiger partial charge on any atom is 0.337 e. The van der Waals surface area contributed by atoms with Gasteiger partial charge in [-0.15, -0.1) is 6.58 Å². The molecule has 110 valence electrons. The van der Waals surface area contributed by atoms with Crippen LogP contribution in [0.2, 0.25) is 10.0 Å². The number of nitrogens with zero attached hydrogens (tertiary/aromatic N) is 1. The first-order valence-corrected chi connectivity index (χ1v) is 7.78. The lowest BCUT2D eigenvalue weighted by Gasteiger charge is -2.20. The standard InChI is InChI=1S/C12H13Cl2NO4S/c1-3-5-15(4-2)20(18,19)10-7-8(13)6-9(11(10)14)12(16)17/h3,6-7H,1,4-5H2,2H3,(H,16,17). The highest BCUT2D eigenvalue weighted by Gasteiger charge is 2.28. The van der Waals surface area contributed by atoms with E-state index in [0.29, 0.717) is 0 Å². The lowest BCUT2D eigenvalue weighted by molar-refractivity contribution is 0.0697. The van der Waals surface area contributed by atoms with Gasteiger partial charge in [-0.25, -0.2) is 13.2 Å². The van der Waals surface area contributed by atoms with E-state index >= 15 is 0 Å². The lowest BCUT2D eigenvalue weighted by atomic mass is 10.2. The number of halogens is 2. The van der Waals surface area contributed by atoms with Gasteiger partial charge < -0.3 is 5.11 Å². The Kier molecular flexibility index (Phi) is 5.59. The Bertz CT molecular complexity index is 643. The SMILES string of the molecule is C=CCN(CC)S(=O)(=O)c1cc(Cl)cc(C(=O)O)c1Cl. The van der Waals surface area contributed by atoms with Gasteiger partial charge in [0, 0.05) is 18.1 Å². The van der Waals surface area contributed by atoms with E-state index in [1.807, 2.05) is 0 Å². The van der Waals surface area contributed by atoms with Gasteiger partial charge >= 0.3 is 5.97 Å². The fourth-order valence-corrected chi connectivity index (χ4v) is 3.89. The molecule has 0 radical (unpaired) electrons. The van der Waals surface area contributed by atoms with Gasteiger partial charge in [-0.3, -0.25) is 0 Å². The van der Waals surface area contributed by atoms with Crippen LogP contribution in [-0.2, 0) is 10.0 Å². The Morgan fingerprint density at radius 1 is 1.45 bits per heavy atom. The molecule has 1 aromatic carbocycles.